The Morgan fingerprint density at radius 1 is 1.27 bits per heavy atom. The fourth-order valence-electron chi connectivity index (χ4n) is 2.50. The number of para-hydroxylation sites is 1. The number of aromatic nitrogens is 4. The van der Waals surface area contributed by atoms with Gasteiger partial charge in [0.1, 0.15) is 5.75 Å². The van der Waals surface area contributed by atoms with Gasteiger partial charge in [-0.2, -0.15) is 9.97 Å². The summed E-state index contributed by atoms with van der Waals surface area (Å²) < 4.78 is 1.91. The van der Waals surface area contributed by atoms with E-state index in [-0.39, 0.29) is 5.75 Å². The van der Waals surface area contributed by atoms with Gasteiger partial charge in [-0.25, -0.2) is 4.98 Å². The highest BCUT2D eigenvalue weighted by atomic mass is 35.5. The molecule has 1 atom stereocenters. The second-order valence-corrected chi connectivity index (χ2v) is 6.34. The minimum absolute atomic E-state index is 0.0403. The first-order valence-electron chi connectivity index (χ1n) is 8.34. The molecule has 1 unspecified atom stereocenters. The molecule has 0 amide bonds. The number of aliphatic hydroxyl groups is 1. The van der Waals surface area contributed by atoms with Crippen molar-refractivity contribution in [2.45, 2.75) is 33.0 Å². The summed E-state index contributed by atoms with van der Waals surface area (Å²) in [6, 6.07) is 5.18. The quantitative estimate of drug-likeness (QED) is 0.502. The standard InChI is InChI=1S/C17H21ClN6O2/c1-3-24-9-21-13-15(19-8-11-5-4-6-12(18)14(11)26)22-17(23-16(13)24)20-7-10(2)25/h4-6,9-10,25-26H,3,7-8H2,1-2H3,(H2,19,20,22,23). The van der Waals surface area contributed by atoms with E-state index in [1.165, 1.54) is 0 Å². The smallest absolute Gasteiger partial charge is 0.226 e. The zero-order valence-electron chi connectivity index (χ0n) is 14.6. The molecule has 8 nitrogen and oxygen atoms in total. The molecule has 0 aliphatic carbocycles. The molecular formula is C17H21ClN6O2. The van der Waals surface area contributed by atoms with E-state index in [2.05, 4.69) is 25.6 Å². The first kappa shape index (κ1) is 18.2. The Morgan fingerprint density at radius 3 is 2.81 bits per heavy atom. The van der Waals surface area contributed by atoms with Gasteiger partial charge in [0, 0.05) is 25.2 Å². The Labute approximate surface area is 155 Å². The molecule has 3 rings (SSSR count). The molecule has 9 heteroatoms. The monoisotopic (exact) mass is 376 g/mol. The third kappa shape index (κ3) is 3.81. The van der Waals surface area contributed by atoms with Gasteiger partial charge in [0.2, 0.25) is 5.95 Å². The number of aryl methyl sites for hydroxylation is 1. The number of nitrogens with one attached hydrogen (secondary N) is 2. The Hall–Kier alpha value is -2.58. The van der Waals surface area contributed by atoms with Gasteiger partial charge in [-0.15, -0.1) is 0 Å². The van der Waals surface area contributed by atoms with Crippen LogP contribution in [0.1, 0.15) is 19.4 Å². The number of benzene rings is 1. The van der Waals surface area contributed by atoms with Crippen LogP contribution in [-0.2, 0) is 13.1 Å². The van der Waals surface area contributed by atoms with Crippen LogP contribution in [0.5, 0.6) is 5.75 Å². The summed E-state index contributed by atoms with van der Waals surface area (Å²) in [4.78, 5) is 13.3. The van der Waals surface area contributed by atoms with Crippen LogP contribution in [0.15, 0.2) is 24.5 Å². The molecular weight excluding hydrogens is 356 g/mol. The van der Waals surface area contributed by atoms with Crippen LogP contribution < -0.4 is 10.6 Å². The van der Waals surface area contributed by atoms with E-state index in [9.17, 15) is 10.2 Å². The molecule has 0 spiro atoms. The van der Waals surface area contributed by atoms with Crippen molar-refractivity contribution < 1.29 is 10.2 Å². The Kier molecular flexibility index (Phi) is 5.43. The molecule has 0 aliphatic rings. The van der Waals surface area contributed by atoms with Crippen molar-refractivity contribution in [3.63, 3.8) is 0 Å². The molecule has 0 saturated carbocycles. The molecule has 0 saturated heterocycles. The van der Waals surface area contributed by atoms with Gasteiger partial charge >= 0.3 is 0 Å². The first-order valence-corrected chi connectivity index (χ1v) is 8.72. The third-order valence-electron chi connectivity index (χ3n) is 3.88. The Balaban J connectivity index is 1.92. The summed E-state index contributed by atoms with van der Waals surface area (Å²) >= 11 is 5.96. The molecule has 0 radical (unpaired) electrons. The predicted molar refractivity (Wildman–Crippen MR) is 102 cm³/mol. The van der Waals surface area contributed by atoms with E-state index in [0.717, 1.165) is 6.54 Å². The van der Waals surface area contributed by atoms with Crippen molar-refractivity contribution >= 4 is 34.5 Å². The van der Waals surface area contributed by atoms with E-state index in [4.69, 9.17) is 11.6 Å². The molecule has 0 fully saturated rings. The highest BCUT2D eigenvalue weighted by Gasteiger charge is 2.14. The van der Waals surface area contributed by atoms with E-state index in [0.29, 0.717) is 46.6 Å². The maximum Gasteiger partial charge on any atom is 0.226 e. The van der Waals surface area contributed by atoms with Crippen molar-refractivity contribution in [1.82, 2.24) is 19.5 Å². The molecule has 0 aliphatic heterocycles. The normalized spacial score (nSPS) is 12.3. The van der Waals surface area contributed by atoms with Gasteiger partial charge in [0.15, 0.2) is 17.0 Å². The van der Waals surface area contributed by atoms with Crippen LogP contribution in [0.3, 0.4) is 0 Å². The number of rotatable bonds is 7. The van der Waals surface area contributed by atoms with Crippen molar-refractivity contribution in [1.29, 1.82) is 0 Å². The van der Waals surface area contributed by atoms with Crippen molar-refractivity contribution in [3.05, 3.63) is 35.1 Å². The fourth-order valence-corrected chi connectivity index (χ4v) is 2.69. The van der Waals surface area contributed by atoms with E-state index >= 15 is 0 Å². The van der Waals surface area contributed by atoms with Crippen LogP contribution in [0, 0.1) is 0 Å². The number of halogens is 1. The van der Waals surface area contributed by atoms with Gasteiger partial charge < -0.3 is 25.4 Å². The van der Waals surface area contributed by atoms with Crippen molar-refractivity contribution in [2.75, 3.05) is 17.2 Å². The number of anilines is 2. The topological polar surface area (TPSA) is 108 Å². The van der Waals surface area contributed by atoms with Crippen molar-refractivity contribution in [3.8, 4) is 5.75 Å². The van der Waals surface area contributed by atoms with E-state index in [1.807, 2.05) is 11.5 Å². The number of hydrogen-bond donors (Lipinski definition) is 4. The van der Waals surface area contributed by atoms with Gasteiger partial charge in [0.25, 0.3) is 0 Å². The summed E-state index contributed by atoms with van der Waals surface area (Å²) in [5.74, 6) is 0.972. The van der Waals surface area contributed by atoms with Crippen LogP contribution in [0.2, 0.25) is 5.02 Å². The number of hydrogen-bond acceptors (Lipinski definition) is 7. The average molecular weight is 377 g/mol. The lowest BCUT2D eigenvalue weighted by atomic mass is 10.2. The number of imidazole rings is 1. The average Bonchev–Trinajstić information content (AvgIpc) is 3.04. The summed E-state index contributed by atoms with van der Waals surface area (Å²) in [5.41, 5.74) is 1.97. The SMILES string of the molecule is CCn1cnc2c(NCc3cccc(Cl)c3O)nc(NCC(C)O)nc21. The summed E-state index contributed by atoms with van der Waals surface area (Å²) in [7, 11) is 0. The zero-order valence-corrected chi connectivity index (χ0v) is 15.3. The molecule has 26 heavy (non-hydrogen) atoms. The lowest BCUT2D eigenvalue weighted by Gasteiger charge is -2.12. The molecule has 3 aromatic rings. The number of phenols is 1. The highest BCUT2D eigenvalue weighted by molar-refractivity contribution is 6.32. The minimum Gasteiger partial charge on any atom is -0.506 e. The maximum absolute atomic E-state index is 10.1. The second-order valence-electron chi connectivity index (χ2n) is 5.93. The van der Waals surface area contributed by atoms with Crippen LogP contribution in [0.4, 0.5) is 11.8 Å². The van der Waals surface area contributed by atoms with Gasteiger partial charge in [-0.3, -0.25) is 0 Å². The first-order chi connectivity index (χ1) is 12.5. The molecule has 2 heterocycles. The lowest BCUT2D eigenvalue weighted by Crippen LogP contribution is -2.17. The molecule has 2 aromatic heterocycles. The molecule has 4 N–H and O–H groups in total. The molecule has 0 bridgehead atoms. The van der Waals surface area contributed by atoms with Gasteiger partial charge in [-0.1, -0.05) is 23.7 Å². The summed E-state index contributed by atoms with van der Waals surface area (Å²) in [5, 5.41) is 26.0. The summed E-state index contributed by atoms with van der Waals surface area (Å²) in [6.07, 6.45) is 1.19. The van der Waals surface area contributed by atoms with Crippen LogP contribution in [-0.4, -0.2) is 42.4 Å². The third-order valence-corrected chi connectivity index (χ3v) is 4.18. The second kappa shape index (κ2) is 7.76. The number of aromatic hydroxyl groups is 1. The van der Waals surface area contributed by atoms with Crippen molar-refractivity contribution in [2.24, 2.45) is 0 Å². The Bertz CT molecular complexity index is 912. The minimum atomic E-state index is -0.523. The molecule has 138 valence electrons. The number of aliphatic hydroxyl groups excluding tert-OH is 1. The molecule has 1 aromatic carbocycles. The maximum atomic E-state index is 10.1. The number of phenolic OH excluding ortho intramolecular Hbond substituents is 1. The van der Waals surface area contributed by atoms with Crippen LogP contribution >= 0.6 is 11.6 Å². The lowest BCUT2D eigenvalue weighted by molar-refractivity contribution is 0.208. The fraction of sp³-hybridized carbons (Fsp3) is 0.353. The van der Waals surface area contributed by atoms with E-state index < -0.39 is 6.10 Å². The van der Waals surface area contributed by atoms with Crippen LogP contribution in [0.25, 0.3) is 11.2 Å². The van der Waals surface area contributed by atoms with E-state index in [1.54, 1.807) is 31.5 Å². The largest absolute Gasteiger partial charge is 0.506 e. The Morgan fingerprint density at radius 2 is 2.08 bits per heavy atom. The number of fused-ring (bicyclic) bond motifs is 1. The highest BCUT2D eigenvalue weighted by Crippen LogP contribution is 2.28. The zero-order chi connectivity index (χ0) is 18.7. The summed E-state index contributed by atoms with van der Waals surface area (Å²) in [6.45, 7) is 5.07. The predicted octanol–water partition coefficient (Wildman–Crippen LogP) is 2.61. The number of nitrogens with zero attached hydrogens (tertiary/aromatic N) is 4. The van der Waals surface area contributed by atoms with Gasteiger partial charge in [0.05, 0.1) is 17.5 Å². The van der Waals surface area contributed by atoms with Gasteiger partial charge in [-0.05, 0) is 19.9 Å².